The molecule has 0 radical (unpaired) electrons. The largest absolute Gasteiger partial charge is 0.443 e. The zero-order chi connectivity index (χ0) is 40.2. The summed E-state index contributed by atoms with van der Waals surface area (Å²) in [6, 6.07) is 5.31. The van der Waals surface area contributed by atoms with Gasteiger partial charge in [-0.05, 0) is 123 Å². The normalized spacial score (nSPS) is 17.8. The predicted octanol–water partition coefficient (Wildman–Crippen LogP) is 5.60. The van der Waals surface area contributed by atoms with Gasteiger partial charge in [0.2, 0.25) is 11.8 Å². The van der Waals surface area contributed by atoms with Gasteiger partial charge in [0, 0.05) is 26.6 Å². The van der Waals surface area contributed by atoms with Crippen LogP contribution < -0.4 is 16.3 Å². The third-order valence-electron chi connectivity index (χ3n) is 9.56. The second-order valence-corrected chi connectivity index (χ2v) is 16.4. The molecule has 0 bridgehead atoms. The summed E-state index contributed by atoms with van der Waals surface area (Å²) in [5.41, 5.74) is 0.885. The Hall–Kier alpha value is -3.75. The summed E-state index contributed by atoms with van der Waals surface area (Å²) in [6.45, 7) is 19.5. The number of nitrogens with zero attached hydrogens (tertiary/aromatic N) is 4. The van der Waals surface area contributed by atoms with E-state index in [1.807, 2.05) is 12.1 Å². The van der Waals surface area contributed by atoms with Crippen molar-refractivity contribution in [1.29, 1.82) is 0 Å². The average Bonchev–Trinajstić information content (AvgIpc) is 3.32. The summed E-state index contributed by atoms with van der Waals surface area (Å²) in [5.74, 6) is -0.423. The van der Waals surface area contributed by atoms with Gasteiger partial charge >= 0.3 is 17.9 Å². The van der Waals surface area contributed by atoms with Crippen molar-refractivity contribution in [2.75, 3.05) is 39.3 Å². The first-order valence-electron chi connectivity index (χ1n) is 19.7. The molecule has 14 nitrogen and oxygen atoms in total. The smallest absolute Gasteiger partial charge is 0.419 e. The molecule has 2 fully saturated rings. The van der Waals surface area contributed by atoms with E-state index in [0.717, 1.165) is 74.3 Å². The highest BCUT2D eigenvalue weighted by atomic mass is 16.6. The lowest BCUT2D eigenvalue weighted by Gasteiger charge is -2.33. The number of hydrogen-bond donors (Lipinski definition) is 3. The monoisotopic (exact) mass is 758 g/mol. The lowest BCUT2D eigenvalue weighted by atomic mass is 9.89. The SMILES string of the molecule is CCNCC.Cn1c(=O)n(C2CCC(=O)NC2=O)c2ccc(C3CCN(CC(O)CCCCCCN(C(=O)OC(C)(C)C)C(=O)OC(C)(C)C)CC3)cc21. The van der Waals surface area contributed by atoms with Crippen LogP contribution in [0.5, 0.6) is 0 Å². The number of aliphatic hydroxyl groups excluding tert-OH is 1. The van der Waals surface area contributed by atoms with Gasteiger partial charge < -0.3 is 24.8 Å². The topological polar surface area (TPSA) is 164 Å². The van der Waals surface area contributed by atoms with E-state index in [-0.39, 0.29) is 24.6 Å². The Balaban J connectivity index is 0.00000147. The minimum Gasteiger partial charge on any atom is -0.443 e. The summed E-state index contributed by atoms with van der Waals surface area (Å²) in [6.07, 6.45) is 4.32. The highest BCUT2D eigenvalue weighted by molar-refractivity contribution is 6.00. The molecule has 2 aliphatic heterocycles. The minimum atomic E-state index is -0.730. The number of imide groups is 2. The Labute approximate surface area is 320 Å². The van der Waals surface area contributed by atoms with E-state index in [9.17, 15) is 29.1 Å². The maximum atomic E-state index is 13.1. The van der Waals surface area contributed by atoms with Crippen LogP contribution in [0.2, 0.25) is 0 Å². The van der Waals surface area contributed by atoms with Crippen LogP contribution in [-0.2, 0) is 26.1 Å². The van der Waals surface area contributed by atoms with Crippen LogP contribution in [0.25, 0.3) is 11.0 Å². The molecule has 2 unspecified atom stereocenters. The van der Waals surface area contributed by atoms with Gasteiger partial charge in [0.25, 0.3) is 0 Å². The summed E-state index contributed by atoms with van der Waals surface area (Å²) < 4.78 is 13.9. The highest BCUT2D eigenvalue weighted by Gasteiger charge is 2.33. The molecule has 0 aliphatic carbocycles. The lowest BCUT2D eigenvalue weighted by Crippen LogP contribution is -2.44. The van der Waals surface area contributed by atoms with E-state index in [4.69, 9.17) is 9.47 Å². The van der Waals surface area contributed by atoms with Gasteiger partial charge in [-0.25, -0.2) is 19.3 Å². The van der Waals surface area contributed by atoms with Crippen molar-refractivity contribution in [3.05, 3.63) is 34.2 Å². The van der Waals surface area contributed by atoms with Crippen molar-refractivity contribution in [3.63, 3.8) is 0 Å². The molecule has 0 saturated carbocycles. The number of unbranched alkanes of at least 4 members (excludes halogenated alkanes) is 3. The zero-order valence-electron chi connectivity index (χ0n) is 34.2. The number of fused-ring (bicyclic) bond motifs is 1. The number of β-amino-alcohol motifs (C(OH)–C–C–N with tert-alkyl or cyclic N) is 1. The first kappa shape index (κ1) is 44.6. The fourth-order valence-corrected chi connectivity index (χ4v) is 6.85. The molecular weight excluding hydrogens is 692 g/mol. The number of carbonyl (C=O) groups excluding carboxylic acids is 4. The number of nitrogens with one attached hydrogen (secondary N) is 2. The van der Waals surface area contributed by atoms with Crippen LogP contribution in [0, 0.1) is 0 Å². The van der Waals surface area contributed by atoms with E-state index < -0.39 is 41.4 Å². The molecule has 2 aliphatic rings. The van der Waals surface area contributed by atoms with E-state index >= 15 is 0 Å². The Bertz CT molecular complexity index is 1580. The van der Waals surface area contributed by atoms with Gasteiger partial charge in [-0.15, -0.1) is 0 Å². The fourth-order valence-electron chi connectivity index (χ4n) is 6.85. The number of rotatable bonds is 13. The molecule has 4 rings (SSSR count). The number of piperidine rings is 2. The molecular formula is C40H66N6O8. The molecule has 4 amide bonds. The van der Waals surface area contributed by atoms with Gasteiger partial charge in [-0.1, -0.05) is 39.2 Å². The van der Waals surface area contributed by atoms with Crippen LogP contribution in [0.3, 0.4) is 0 Å². The van der Waals surface area contributed by atoms with Gasteiger partial charge in [0.1, 0.15) is 17.2 Å². The number of likely N-dealkylation sites (tertiary alicyclic amines) is 1. The fraction of sp³-hybridized carbons (Fsp3) is 0.725. The van der Waals surface area contributed by atoms with Crippen molar-refractivity contribution >= 4 is 35.0 Å². The Kier molecular flexibility index (Phi) is 16.7. The maximum Gasteiger partial charge on any atom is 0.419 e. The maximum absolute atomic E-state index is 13.1. The molecule has 3 N–H and O–H groups in total. The molecule has 54 heavy (non-hydrogen) atoms. The molecule has 0 spiro atoms. The quantitative estimate of drug-likeness (QED) is 0.173. The first-order valence-corrected chi connectivity index (χ1v) is 19.7. The second-order valence-electron chi connectivity index (χ2n) is 16.4. The summed E-state index contributed by atoms with van der Waals surface area (Å²) in [4.78, 5) is 65.9. The van der Waals surface area contributed by atoms with Crippen molar-refractivity contribution < 1.29 is 33.8 Å². The lowest BCUT2D eigenvalue weighted by molar-refractivity contribution is -0.135. The minimum absolute atomic E-state index is 0.205. The van der Waals surface area contributed by atoms with E-state index in [1.165, 1.54) is 4.57 Å². The molecule has 2 aromatic rings. The van der Waals surface area contributed by atoms with Crippen LogP contribution in [-0.4, -0.2) is 105 Å². The third-order valence-corrected chi connectivity index (χ3v) is 9.56. The molecule has 2 saturated heterocycles. The molecule has 3 heterocycles. The predicted molar refractivity (Wildman–Crippen MR) is 209 cm³/mol. The van der Waals surface area contributed by atoms with Gasteiger partial charge in [-0.2, -0.15) is 0 Å². The van der Waals surface area contributed by atoms with Gasteiger partial charge in [0.05, 0.1) is 17.1 Å². The second kappa shape index (κ2) is 20.2. The molecule has 14 heteroatoms. The zero-order valence-corrected chi connectivity index (χ0v) is 34.2. The van der Waals surface area contributed by atoms with Crippen molar-refractivity contribution in [3.8, 4) is 0 Å². The van der Waals surface area contributed by atoms with E-state index in [2.05, 4.69) is 35.4 Å². The van der Waals surface area contributed by atoms with Crippen LogP contribution in [0.1, 0.15) is 131 Å². The summed E-state index contributed by atoms with van der Waals surface area (Å²) in [5, 5.41) is 16.2. The molecule has 1 aromatic carbocycles. The number of hydrogen-bond acceptors (Lipinski definition) is 10. The third kappa shape index (κ3) is 13.5. The van der Waals surface area contributed by atoms with Gasteiger partial charge in [-0.3, -0.25) is 24.0 Å². The first-order chi connectivity index (χ1) is 25.3. The number of aliphatic hydroxyl groups is 1. The van der Waals surface area contributed by atoms with Crippen LogP contribution in [0.15, 0.2) is 23.0 Å². The summed E-state index contributed by atoms with van der Waals surface area (Å²) >= 11 is 0. The number of aryl methyl sites for hydroxylation is 1. The molecule has 304 valence electrons. The van der Waals surface area contributed by atoms with Crippen molar-refractivity contribution in [2.45, 2.75) is 142 Å². The number of amides is 4. The number of aromatic nitrogens is 2. The number of benzene rings is 1. The van der Waals surface area contributed by atoms with Crippen LogP contribution >= 0.6 is 0 Å². The highest BCUT2D eigenvalue weighted by Crippen LogP contribution is 2.31. The summed E-state index contributed by atoms with van der Waals surface area (Å²) in [7, 11) is 1.71. The molecule has 2 atom stereocenters. The van der Waals surface area contributed by atoms with Crippen LogP contribution in [0.4, 0.5) is 9.59 Å². The average molecular weight is 759 g/mol. The van der Waals surface area contributed by atoms with Crippen molar-refractivity contribution in [1.82, 2.24) is 29.6 Å². The Morgan fingerprint density at radius 1 is 0.907 bits per heavy atom. The van der Waals surface area contributed by atoms with Gasteiger partial charge in [0.15, 0.2) is 0 Å². The standard InChI is InChI=1S/C36H55N5O8.C4H11N/c1-35(2,3)48-33(46)40(34(47)49-36(4,5)6)19-11-9-8-10-12-26(42)23-39-20-17-24(18-21-39)25-13-14-27-29(22-25)38(7)32(45)41(27)28-15-16-30(43)37-31(28)44;1-3-5-4-2/h13-14,22,24,26,28,42H,8-12,15-21,23H2,1-7H3,(H,37,43,44);5H,3-4H2,1-2H3. The number of ether oxygens (including phenoxy) is 2. The Morgan fingerprint density at radius 3 is 2.04 bits per heavy atom. The Morgan fingerprint density at radius 2 is 1.50 bits per heavy atom. The van der Waals surface area contributed by atoms with E-state index in [1.54, 1.807) is 53.2 Å². The number of imidazole rings is 1. The van der Waals surface area contributed by atoms with E-state index in [0.29, 0.717) is 37.2 Å². The number of carbonyl (C=O) groups is 4. The molecule has 1 aromatic heterocycles. The van der Waals surface area contributed by atoms with Crippen molar-refractivity contribution in [2.24, 2.45) is 7.05 Å².